The van der Waals surface area contributed by atoms with E-state index in [9.17, 15) is 13.2 Å². The Bertz CT molecular complexity index is 899. The molecule has 2 aromatic carbocycles. The van der Waals surface area contributed by atoms with Gasteiger partial charge in [0.15, 0.2) is 6.10 Å². The Morgan fingerprint density at radius 3 is 2.21 bits per heavy atom. The highest BCUT2D eigenvalue weighted by Crippen LogP contribution is 2.19. The second-order valence-electron chi connectivity index (χ2n) is 6.37. The van der Waals surface area contributed by atoms with E-state index >= 15 is 0 Å². The SMILES string of the molecule is CCC(Oc1ccc(Cl)cc1)C(=O)NCCOc1ccc(S(=O)(=O)N(C)C)cc1. The van der Waals surface area contributed by atoms with Crippen molar-refractivity contribution < 1.29 is 22.7 Å². The average Bonchev–Trinajstić information content (AvgIpc) is 2.70. The minimum absolute atomic E-state index is 0.188. The largest absolute Gasteiger partial charge is 0.492 e. The lowest BCUT2D eigenvalue weighted by Gasteiger charge is -2.17. The van der Waals surface area contributed by atoms with Gasteiger partial charge in [0.25, 0.3) is 5.91 Å². The first kappa shape index (κ1) is 23.0. The molecular formula is C20H25ClN2O5S. The van der Waals surface area contributed by atoms with Crippen molar-refractivity contribution in [2.75, 3.05) is 27.2 Å². The van der Waals surface area contributed by atoms with E-state index in [0.29, 0.717) is 22.9 Å². The topological polar surface area (TPSA) is 84.9 Å². The lowest BCUT2D eigenvalue weighted by atomic mass is 10.2. The van der Waals surface area contributed by atoms with Crippen molar-refractivity contribution >= 4 is 27.5 Å². The second kappa shape index (κ2) is 10.5. The molecule has 1 unspecified atom stereocenters. The maximum absolute atomic E-state index is 12.3. The number of hydrogen-bond donors (Lipinski definition) is 1. The molecule has 1 atom stereocenters. The van der Waals surface area contributed by atoms with E-state index in [2.05, 4.69) is 5.32 Å². The molecule has 0 aliphatic heterocycles. The lowest BCUT2D eigenvalue weighted by Crippen LogP contribution is -2.39. The van der Waals surface area contributed by atoms with Crippen LogP contribution in [-0.4, -0.2) is 52.0 Å². The molecule has 0 aliphatic carbocycles. The molecule has 0 saturated heterocycles. The van der Waals surface area contributed by atoms with Gasteiger partial charge in [-0.15, -0.1) is 0 Å². The van der Waals surface area contributed by atoms with Gasteiger partial charge in [0.05, 0.1) is 11.4 Å². The van der Waals surface area contributed by atoms with Gasteiger partial charge in [0.1, 0.15) is 18.1 Å². The van der Waals surface area contributed by atoms with Gasteiger partial charge >= 0.3 is 0 Å². The summed E-state index contributed by atoms with van der Waals surface area (Å²) in [5.41, 5.74) is 0. The van der Waals surface area contributed by atoms with Gasteiger partial charge in [-0.05, 0) is 55.0 Å². The predicted molar refractivity (Wildman–Crippen MR) is 112 cm³/mol. The molecule has 29 heavy (non-hydrogen) atoms. The number of sulfonamides is 1. The average molecular weight is 441 g/mol. The Morgan fingerprint density at radius 2 is 1.66 bits per heavy atom. The summed E-state index contributed by atoms with van der Waals surface area (Å²) in [5, 5.41) is 3.37. The fraction of sp³-hybridized carbons (Fsp3) is 0.350. The first-order chi connectivity index (χ1) is 13.7. The smallest absolute Gasteiger partial charge is 0.261 e. The monoisotopic (exact) mass is 440 g/mol. The van der Waals surface area contributed by atoms with E-state index in [1.54, 1.807) is 36.4 Å². The molecule has 0 saturated carbocycles. The van der Waals surface area contributed by atoms with Crippen molar-refractivity contribution in [3.63, 3.8) is 0 Å². The summed E-state index contributed by atoms with van der Waals surface area (Å²) in [4.78, 5) is 12.5. The quantitative estimate of drug-likeness (QED) is 0.574. The molecule has 158 valence electrons. The molecule has 1 amide bonds. The molecule has 0 fully saturated rings. The van der Waals surface area contributed by atoms with Crippen molar-refractivity contribution in [1.29, 1.82) is 0 Å². The molecule has 2 aromatic rings. The molecule has 0 spiro atoms. The Hall–Kier alpha value is -2.29. The summed E-state index contributed by atoms with van der Waals surface area (Å²) in [5.74, 6) is 0.848. The van der Waals surface area contributed by atoms with E-state index in [-0.39, 0.29) is 24.0 Å². The first-order valence-corrected chi connectivity index (χ1v) is 10.9. The summed E-state index contributed by atoms with van der Waals surface area (Å²) in [6.07, 6.45) is -0.108. The zero-order valence-corrected chi connectivity index (χ0v) is 18.2. The normalized spacial score (nSPS) is 12.4. The van der Waals surface area contributed by atoms with E-state index < -0.39 is 16.1 Å². The number of carbonyl (C=O) groups excluding carboxylic acids is 1. The Balaban J connectivity index is 1.80. The molecule has 9 heteroatoms. The van der Waals surface area contributed by atoms with Gasteiger partial charge in [-0.1, -0.05) is 18.5 Å². The van der Waals surface area contributed by atoms with Gasteiger partial charge in [0.2, 0.25) is 10.0 Å². The minimum Gasteiger partial charge on any atom is -0.492 e. The van der Waals surface area contributed by atoms with Crippen LogP contribution in [0.2, 0.25) is 5.02 Å². The standard InChI is InChI=1S/C20H25ClN2O5S/c1-4-19(28-17-7-5-15(21)6-8-17)20(24)22-13-14-27-16-9-11-18(12-10-16)29(25,26)23(2)3/h5-12,19H,4,13-14H2,1-3H3,(H,22,24). The van der Waals surface area contributed by atoms with E-state index in [1.165, 1.54) is 26.2 Å². The number of hydrogen-bond acceptors (Lipinski definition) is 5. The number of rotatable bonds is 10. The van der Waals surface area contributed by atoms with Crippen LogP contribution in [0.15, 0.2) is 53.4 Å². The number of carbonyl (C=O) groups is 1. The van der Waals surface area contributed by atoms with Crippen LogP contribution in [0.5, 0.6) is 11.5 Å². The number of nitrogens with one attached hydrogen (secondary N) is 1. The molecule has 0 bridgehead atoms. The molecule has 0 aromatic heterocycles. The summed E-state index contributed by atoms with van der Waals surface area (Å²) in [6.45, 7) is 2.39. The maximum Gasteiger partial charge on any atom is 0.261 e. The summed E-state index contributed by atoms with van der Waals surface area (Å²) in [7, 11) is -0.522. The van der Waals surface area contributed by atoms with Gasteiger partial charge in [-0.2, -0.15) is 0 Å². The highest BCUT2D eigenvalue weighted by atomic mass is 35.5. The number of halogens is 1. The van der Waals surface area contributed by atoms with Crippen molar-refractivity contribution in [3.05, 3.63) is 53.6 Å². The highest BCUT2D eigenvalue weighted by Gasteiger charge is 2.18. The lowest BCUT2D eigenvalue weighted by molar-refractivity contribution is -0.128. The number of ether oxygens (including phenoxy) is 2. The summed E-state index contributed by atoms with van der Waals surface area (Å²) >= 11 is 5.84. The van der Waals surface area contributed by atoms with Gasteiger partial charge in [-0.3, -0.25) is 4.79 Å². The summed E-state index contributed by atoms with van der Waals surface area (Å²) in [6, 6.07) is 12.9. The van der Waals surface area contributed by atoms with E-state index in [4.69, 9.17) is 21.1 Å². The van der Waals surface area contributed by atoms with Crippen molar-refractivity contribution in [1.82, 2.24) is 9.62 Å². The fourth-order valence-corrected chi connectivity index (χ4v) is 3.40. The van der Waals surface area contributed by atoms with Crippen LogP contribution in [-0.2, 0) is 14.8 Å². The number of benzene rings is 2. The third kappa shape index (κ3) is 6.62. The highest BCUT2D eigenvalue weighted by molar-refractivity contribution is 7.89. The van der Waals surface area contributed by atoms with Crippen LogP contribution in [0.4, 0.5) is 0 Å². The van der Waals surface area contributed by atoms with Crippen LogP contribution in [0.25, 0.3) is 0 Å². The molecule has 2 rings (SSSR count). The van der Waals surface area contributed by atoms with Crippen LogP contribution >= 0.6 is 11.6 Å². The van der Waals surface area contributed by atoms with Crippen molar-refractivity contribution in [3.8, 4) is 11.5 Å². The zero-order chi connectivity index (χ0) is 21.4. The Kier molecular flexibility index (Phi) is 8.31. The predicted octanol–water partition coefficient (Wildman–Crippen LogP) is 2.94. The molecule has 0 aliphatic rings. The fourth-order valence-electron chi connectivity index (χ4n) is 2.38. The molecule has 0 radical (unpaired) electrons. The summed E-state index contributed by atoms with van der Waals surface area (Å²) < 4.78 is 36.5. The van der Waals surface area contributed by atoms with Gasteiger partial charge < -0.3 is 14.8 Å². The Morgan fingerprint density at radius 1 is 1.07 bits per heavy atom. The van der Waals surface area contributed by atoms with Crippen molar-refractivity contribution in [2.24, 2.45) is 0 Å². The second-order valence-corrected chi connectivity index (χ2v) is 8.96. The molecule has 0 heterocycles. The number of nitrogens with zero attached hydrogens (tertiary/aromatic N) is 1. The minimum atomic E-state index is -3.47. The van der Waals surface area contributed by atoms with E-state index in [1.807, 2.05) is 6.92 Å². The van der Waals surface area contributed by atoms with E-state index in [0.717, 1.165) is 4.31 Å². The number of amides is 1. The molecular weight excluding hydrogens is 416 g/mol. The van der Waals surface area contributed by atoms with Crippen LogP contribution in [0.1, 0.15) is 13.3 Å². The molecule has 1 N–H and O–H groups in total. The van der Waals surface area contributed by atoms with Crippen LogP contribution in [0, 0.1) is 0 Å². The molecule has 7 nitrogen and oxygen atoms in total. The third-order valence-electron chi connectivity index (χ3n) is 4.03. The van der Waals surface area contributed by atoms with Crippen LogP contribution in [0.3, 0.4) is 0 Å². The van der Waals surface area contributed by atoms with Gasteiger partial charge in [0, 0.05) is 19.1 Å². The first-order valence-electron chi connectivity index (χ1n) is 9.09. The third-order valence-corrected chi connectivity index (χ3v) is 6.11. The maximum atomic E-state index is 12.3. The van der Waals surface area contributed by atoms with Gasteiger partial charge in [-0.25, -0.2) is 12.7 Å². The zero-order valence-electron chi connectivity index (χ0n) is 16.6. The Labute approximate surface area is 176 Å². The van der Waals surface area contributed by atoms with Crippen LogP contribution < -0.4 is 14.8 Å². The van der Waals surface area contributed by atoms with Crippen molar-refractivity contribution in [2.45, 2.75) is 24.3 Å².